The number of aromatic nitrogens is 2. The molecule has 1 aromatic heterocycles. The molecular weight excluding hydrogens is 318 g/mol. The Hall–Kier alpha value is -2.50. The summed E-state index contributed by atoms with van der Waals surface area (Å²) in [6, 6.07) is 5.82. The molecule has 0 spiro atoms. The number of carbonyl (C=O) groups is 1. The molecule has 1 aliphatic rings. The number of amides is 1. The third-order valence-corrected chi connectivity index (χ3v) is 4.62. The summed E-state index contributed by atoms with van der Waals surface area (Å²) in [5, 5.41) is 4.17. The van der Waals surface area contributed by atoms with Crippen LogP contribution in [0.1, 0.15) is 17.5 Å². The molecule has 1 aliphatic heterocycles. The Morgan fingerprint density at radius 1 is 1.48 bits per heavy atom. The van der Waals surface area contributed by atoms with Gasteiger partial charge < -0.3 is 14.4 Å². The van der Waals surface area contributed by atoms with E-state index in [9.17, 15) is 4.79 Å². The molecule has 1 atom stereocenters. The Balaban J connectivity index is 1.54. The summed E-state index contributed by atoms with van der Waals surface area (Å²) in [4.78, 5) is 14.5. The molecule has 6 heteroatoms. The van der Waals surface area contributed by atoms with Crippen LogP contribution in [0.5, 0.6) is 11.5 Å². The molecule has 0 fully saturated rings. The second-order valence-corrected chi connectivity index (χ2v) is 6.55. The zero-order chi connectivity index (χ0) is 17.8. The first-order chi connectivity index (χ1) is 12.1. The molecule has 1 aromatic carbocycles. The summed E-state index contributed by atoms with van der Waals surface area (Å²) in [6.45, 7) is 1.13. The molecule has 2 aromatic rings. The topological polar surface area (TPSA) is 56.6 Å². The molecule has 1 amide bonds. The number of methoxy groups -OCH3 is 1. The highest BCUT2D eigenvalue weighted by molar-refractivity contribution is 5.79. The highest BCUT2D eigenvalue weighted by Crippen LogP contribution is 2.36. The van der Waals surface area contributed by atoms with Crippen molar-refractivity contribution in [3.63, 3.8) is 0 Å². The SMILES string of the molecule is COc1cccc2c1OC[C@H](C(=O)N(C)CCCc1cnn(C)c1)C2. The maximum absolute atomic E-state index is 12.7. The van der Waals surface area contributed by atoms with Crippen molar-refractivity contribution in [1.29, 1.82) is 0 Å². The number of hydrogen-bond acceptors (Lipinski definition) is 4. The van der Waals surface area contributed by atoms with Crippen molar-refractivity contribution in [1.82, 2.24) is 14.7 Å². The van der Waals surface area contributed by atoms with Crippen molar-refractivity contribution in [2.45, 2.75) is 19.3 Å². The van der Waals surface area contributed by atoms with Crippen molar-refractivity contribution in [2.24, 2.45) is 13.0 Å². The maximum atomic E-state index is 12.7. The molecule has 2 heterocycles. The lowest BCUT2D eigenvalue weighted by Gasteiger charge is -2.29. The van der Waals surface area contributed by atoms with Crippen molar-refractivity contribution in [3.8, 4) is 11.5 Å². The summed E-state index contributed by atoms with van der Waals surface area (Å²) in [5.74, 6) is 1.50. The van der Waals surface area contributed by atoms with Gasteiger partial charge in [-0.2, -0.15) is 5.10 Å². The Bertz CT molecular complexity index is 741. The molecule has 6 nitrogen and oxygen atoms in total. The minimum absolute atomic E-state index is 0.136. The van der Waals surface area contributed by atoms with Crippen LogP contribution in [0.4, 0.5) is 0 Å². The van der Waals surface area contributed by atoms with E-state index in [4.69, 9.17) is 9.47 Å². The van der Waals surface area contributed by atoms with Gasteiger partial charge in [-0.25, -0.2) is 0 Å². The lowest BCUT2D eigenvalue weighted by Crippen LogP contribution is -2.39. The van der Waals surface area contributed by atoms with E-state index in [0.29, 0.717) is 13.0 Å². The quantitative estimate of drug-likeness (QED) is 0.806. The van der Waals surface area contributed by atoms with E-state index < -0.39 is 0 Å². The van der Waals surface area contributed by atoms with E-state index in [1.165, 1.54) is 5.56 Å². The zero-order valence-corrected chi connectivity index (χ0v) is 15.1. The summed E-state index contributed by atoms with van der Waals surface area (Å²) in [5.41, 5.74) is 2.23. The van der Waals surface area contributed by atoms with Gasteiger partial charge in [-0.1, -0.05) is 12.1 Å². The lowest BCUT2D eigenvalue weighted by atomic mass is 9.95. The molecular formula is C19H25N3O3. The number of rotatable bonds is 6. The number of hydrogen-bond donors (Lipinski definition) is 0. The van der Waals surface area contributed by atoms with Gasteiger partial charge in [0.15, 0.2) is 11.5 Å². The minimum Gasteiger partial charge on any atom is -0.493 e. The van der Waals surface area contributed by atoms with Crippen LogP contribution in [0.3, 0.4) is 0 Å². The van der Waals surface area contributed by atoms with Crippen molar-refractivity contribution in [2.75, 3.05) is 27.3 Å². The van der Waals surface area contributed by atoms with Crippen molar-refractivity contribution >= 4 is 5.91 Å². The molecule has 25 heavy (non-hydrogen) atoms. The normalized spacial score (nSPS) is 16.0. The highest BCUT2D eigenvalue weighted by atomic mass is 16.5. The van der Waals surface area contributed by atoms with Crippen LogP contribution in [-0.2, 0) is 24.7 Å². The number of fused-ring (bicyclic) bond motifs is 1. The number of ether oxygens (including phenoxy) is 2. The van der Waals surface area contributed by atoms with Gasteiger partial charge in [-0.3, -0.25) is 9.48 Å². The third kappa shape index (κ3) is 3.95. The minimum atomic E-state index is -0.136. The fourth-order valence-corrected chi connectivity index (χ4v) is 3.26. The van der Waals surface area contributed by atoms with E-state index >= 15 is 0 Å². The lowest BCUT2D eigenvalue weighted by molar-refractivity contribution is -0.135. The predicted octanol–water partition coefficient (Wildman–Crippen LogP) is 2.07. The fraction of sp³-hybridized carbons (Fsp3) is 0.474. The van der Waals surface area contributed by atoms with Gasteiger partial charge in [0, 0.05) is 26.8 Å². The standard InChI is InChI=1S/C19H25N3O3/c1-21(9-5-6-14-11-20-22(2)12-14)19(23)16-10-15-7-4-8-17(24-3)18(15)25-13-16/h4,7-8,11-12,16H,5-6,9-10,13H2,1-3H3/t16-/m1/s1. The first kappa shape index (κ1) is 17.3. The molecule has 0 saturated heterocycles. The summed E-state index contributed by atoms with van der Waals surface area (Å²) < 4.78 is 12.9. The molecule has 3 rings (SSSR count). The van der Waals surface area contributed by atoms with Crippen LogP contribution in [0.15, 0.2) is 30.6 Å². The summed E-state index contributed by atoms with van der Waals surface area (Å²) in [6.07, 6.45) is 6.43. The number of carbonyl (C=O) groups excluding carboxylic acids is 1. The van der Waals surface area contributed by atoms with Crippen molar-refractivity contribution < 1.29 is 14.3 Å². The van der Waals surface area contributed by atoms with E-state index in [0.717, 1.165) is 36.4 Å². The second-order valence-electron chi connectivity index (χ2n) is 6.55. The summed E-state index contributed by atoms with van der Waals surface area (Å²) >= 11 is 0. The van der Waals surface area contributed by atoms with Crippen LogP contribution in [0.25, 0.3) is 0 Å². The fourth-order valence-electron chi connectivity index (χ4n) is 3.26. The van der Waals surface area contributed by atoms with Crippen LogP contribution >= 0.6 is 0 Å². The third-order valence-electron chi connectivity index (χ3n) is 4.62. The van der Waals surface area contributed by atoms with Gasteiger partial charge >= 0.3 is 0 Å². The largest absolute Gasteiger partial charge is 0.493 e. The Morgan fingerprint density at radius 2 is 2.32 bits per heavy atom. The molecule has 0 N–H and O–H groups in total. The van der Waals surface area contributed by atoms with Gasteiger partial charge in [-0.05, 0) is 36.5 Å². The van der Waals surface area contributed by atoms with Crippen LogP contribution < -0.4 is 9.47 Å². The van der Waals surface area contributed by atoms with Gasteiger partial charge in [0.05, 0.1) is 19.2 Å². The first-order valence-electron chi connectivity index (χ1n) is 8.59. The van der Waals surface area contributed by atoms with Gasteiger partial charge in [0.25, 0.3) is 0 Å². The van der Waals surface area contributed by atoms with Crippen LogP contribution in [0, 0.1) is 5.92 Å². The molecule has 0 radical (unpaired) electrons. The smallest absolute Gasteiger partial charge is 0.229 e. The van der Waals surface area contributed by atoms with Crippen molar-refractivity contribution in [3.05, 3.63) is 41.7 Å². The highest BCUT2D eigenvalue weighted by Gasteiger charge is 2.29. The Kier molecular flexibility index (Phi) is 5.26. The van der Waals surface area contributed by atoms with E-state index in [1.54, 1.807) is 11.8 Å². The van der Waals surface area contributed by atoms with Crippen LogP contribution in [-0.4, -0.2) is 47.9 Å². The summed E-state index contributed by atoms with van der Waals surface area (Å²) in [7, 11) is 5.41. The zero-order valence-electron chi connectivity index (χ0n) is 15.1. The molecule has 0 unspecified atom stereocenters. The number of aryl methyl sites for hydroxylation is 2. The maximum Gasteiger partial charge on any atom is 0.229 e. The number of para-hydroxylation sites is 1. The molecule has 0 saturated carbocycles. The Labute approximate surface area is 148 Å². The second kappa shape index (κ2) is 7.59. The molecule has 134 valence electrons. The van der Waals surface area contributed by atoms with Gasteiger partial charge in [-0.15, -0.1) is 0 Å². The van der Waals surface area contributed by atoms with E-state index in [1.807, 2.05) is 49.6 Å². The van der Waals surface area contributed by atoms with Gasteiger partial charge in [0.1, 0.15) is 6.61 Å². The molecule has 0 bridgehead atoms. The van der Waals surface area contributed by atoms with Gasteiger partial charge in [0.2, 0.25) is 5.91 Å². The van der Waals surface area contributed by atoms with Crippen LogP contribution in [0.2, 0.25) is 0 Å². The number of nitrogens with zero attached hydrogens (tertiary/aromatic N) is 3. The average Bonchev–Trinajstić information content (AvgIpc) is 3.05. The monoisotopic (exact) mass is 343 g/mol. The number of benzene rings is 1. The first-order valence-corrected chi connectivity index (χ1v) is 8.59. The average molecular weight is 343 g/mol. The predicted molar refractivity (Wildman–Crippen MR) is 94.8 cm³/mol. The molecule has 0 aliphatic carbocycles. The van der Waals surface area contributed by atoms with E-state index in [-0.39, 0.29) is 11.8 Å². The Morgan fingerprint density at radius 3 is 3.04 bits per heavy atom. The van der Waals surface area contributed by atoms with E-state index in [2.05, 4.69) is 5.10 Å².